The average Bonchev–Trinajstić information content (AvgIpc) is 3.11. The summed E-state index contributed by atoms with van der Waals surface area (Å²) in [5.74, 6) is 1.54. The minimum absolute atomic E-state index is 0.174. The molecular formula is C18H29N3OS. The average molecular weight is 336 g/mol. The van der Waals surface area contributed by atoms with E-state index >= 15 is 0 Å². The lowest BCUT2D eigenvalue weighted by Crippen LogP contribution is -2.68. The molecule has 1 aromatic rings. The van der Waals surface area contributed by atoms with E-state index in [1.54, 1.807) is 0 Å². The van der Waals surface area contributed by atoms with Gasteiger partial charge in [-0.05, 0) is 32.4 Å². The fourth-order valence-electron chi connectivity index (χ4n) is 4.12. The molecule has 1 aromatic heterocycles. The third-order valence-electron chi connectivity index (χ3n) is 5.30. The smallest absolute Gasteiger partial charge is 0.191 e. The van der Waals surface area contributed by atoms with E-state index in [9.17, 15) is 0 Å². The number of thiophene rings is 1. The summed E-state index contributed by atoms with van der Waals surface area (Å²) in [5, 5.41) is 7.19. The number of rotatable bonds is 4. The van der Waals surface area contributed by atoms with E-state index in [1.807, 2.05) is 18.4 Å². The molecule has 5 heteroatoms. The first-order valence-electron chi connectivity index (χ1n) is 8.58. The normalized spacial score (nSPS) is 30.5. The molecule has 1 saturated heterocycles. The number of fused-ring (bicyclic) bond motifs is 1. The molecule has 0 spiro atoms. The van der Waals surface area contributed by atoms with E-state index in [-0.39, 0.29) is 5.41 Å². The Hall–Kier alpha value is -1.07. The summed E-state index contributed by atoms with van der Waals surface area (Å²) in [4.78, 5) is 7.23. The highest BCUT2D eigenvalue weighted by Gasteiger charge is 2.59. The number of nitrogens with zero attached hydrogens (tertiary/aromatic N) is 1. The van der Waals surface area contributed by atoms with Crippen LogP contribution in [0.2, 0.25) is 0 Å². The maximum absolute atomic E-state index is 5.88. The Kier molecular flexibility index (Phi) is 4.70. The molecule has 2 heterocycles. The molecule has 0 amide bonds. The fraction of sp³-hybridized carbons (Fsp3) is 0.722. The first kappa shape index (κ1) is 16.8. The number of aryl methyl sites for hydroxylation is 1. The van der Waals surface area contributed by atoms with Crippen LogP contribution in [0.5, 0.6) is 0 Å². The SMILES string of the molecule is CN=C(NC(C)Cc1ccc(C)s1)NC1C2CCOC2C1(C)C. The number of ether oxygens (including phenoxy) is 1. The van der Waals surface area contributed by atoms with E-state index in [1.165, 1.54) is 9.75 Å². The van der Waals surface area contributed by atoms with Gasteiger partial charge < -0.3 is 15.4 Å². The van der Waals surface area contributed by atoms with Gasteiger partial charge in [-0.3, -0.25) is 4.99 Å². The van der Waals surface area contributed by atoms with Crippen molar-refractivity contribution in [2.75, 3.05) is 13.7 Å². The highest BCUT2D eigenvalue weighted by Crippen LogP contribution is 2.52. The van der Waals surface area contributed by atoms with E-state index in [0.717, 1.165) is 25.4 Å². The Balaban J connectivity index is 1.56. The lowest BCUT2D eigenvalue weighted by atomic mass is 9.57. The molecule has 4 unspecified atom stereocenters. The molecule has 4 nitrogen and oxygen atoms in total. The van der Waals surface area contributed by atoms with Gasteiger partial charge in [0, 0.05) is 53.2 Å². The minimum atomic E-state index is 0.174. The Morgan fingerprint density at radius 2 is 2.26 bits per heavy atom. The summed E-state index contributed by atoms with van der Waals surface area (Å²) in [6, 6.07) is 5.22. The van der Waals surface area contributed by atoms with Crippen molar-refractivity contribution in [1.29, 1.82) is 0 Å². The molecule has 1 saturated carbocycles. The number of hydrogen-bond acceptors (Lipinski definition) is 3. The van der Waals surface area contributed by atoms with Gasteiger partial charge in [-0.1, -0.05) is 13.8 Å². The second-order valence-corrected chi connectivity index (χ2v) is 8.89. The summed E-state index contributed by atoms with van der Waals surface area (Å²) < 4.78 is 5.88. The molecule has 2 N–H and O–H groups in total. The maximum Gasteiger partial charge on any atom is 0.191 e. The van der Waals surface area contributed by atoms with Gasteiger partial charge in [-0.2, -0.15) is 0 Å². The Morgan fingerprint density at radius 3 is 2.91 bits per heavy atom. The largest absolute Gasteiger partial charge is 0.377 e. The second-order valence-electron chi connectivity index (χ2n) is 7.52. The quantitative estimate of drug-likeness (QED) is 0.657. The summed E-state index contributed by atoms with van der Waals surface area (Å²) in [7, 11) is 1.85. The van der Waals surface area contributed by atoms with E-state index < -0.39 is 0 Å². The van der Waals surface area contributed by atoms with Crippen molar-refractivity contribution in [3.05, 3.63) is 21.9 Å². The molecule has 2 aliphatic rings. The molecule has 1 aliphatic carbocycles. The lowest BCUT2D eigenvalue weighted by Gasteiger charge is -2.55. The van der Waals surface area contributed by atoms with Gasteiger partial charge in [0.25, 0.3) is 0 Å². The first-order chi connectivity index (χ1) is 10.9. The van der Waals surface area contributed by atoms with Gasteiger partial charge >= 0.3 is 0 Å². The van der Waals surface area contributed by atoms with Crippen LogP contribution in [0.3, 0.4) is 0 Å². The van der Waals surface area contributed by atoms with Crippen molar-refractivity contribution in [2.45, 2.75) is 58.7 Å². The van der Waals surface area contributed by atoms with Crippen molar-refractivity contribution < 1.29 is 4.74 Å². The first-order valence-corrected chi connectivity index (χ1v) is 9.40. The predicted octanol–water partition coefficient (Wildman–Crippen LogP) is 2.97. The van der Waals surface area contributed by atoms with Crippen molar-refractivity contribution in [2.24, 2.45) is 16.3 Å². The highest BCUT2D eigenvalue weighted by molar-refractivity contribution is 7.11. The van der Waals surface area contributed by atoms with Crippen LogP contribution < -0.4 is 10.6 Å². The Labute approximate surface area is 143 Å². The van der Waals surface area contributed by atoms with Gasteiger partial charge in [0.2, 0.25) is 0 Å². The lowest BCUT2D eigenvalue weighted by molar-refractivity contribution is -0.106. The fourth-order valence-corrected chi connectivity index (χ4v) is 5.14. The third-order valence-corrected chi connectivity index (χ3v) is 6.33. The van der Waals surface area contributed by atoms with E-state index in [2.05, 4.69) is 55.5 Å². The zero-order valence-electron chi connectivity index (χ0n) is 14.8. The number of nitrogens with one attached hydrogen (secondary N) is 2. The number of guanidine groups is 1. The predicted molar refractivity (Wildman–Crippen MR) is 97.3 cm³/mol. The molecule has 0 bridgehead atoms. The standard InChI is InChI=1S/C18H29N3OS/c1-11(10-13-7-6-12(2)23-13)20-17(19-5)21-15-14-8-9-22-16(14)18(15,3)4/h6-7,11,14-16H,8-10H2,1-5H3,(H2,19,20,21). The van der Waals surface area contributed by atoms with Crippen LogP contribution in [0, 0.1) is 18.3 Å². The van der Waals surface area contributed by atoms with Crippen molar-refractivity contribution in [3.8, 4) is 0 Å². The molecule has 0 radical (unpaired) electrons. The molecule has 1 aliphatic heterocycles. The number of aliphatic imine (C=N–C) groups is 1. The molecule has 4 atom stereocenters. The third kappa shape index (κ3) is 3.26. The minimum Gasteiger partial charge on any atom is -0.377 e. The molecular weight excluding hydrogens is 306 g/mol. The van der Waals surface area contributed by atoms with Crippen molar-refractivity contribution in [1.82, 2.24) is 10.6 Å². The van der Waals surface area contributed by atoms with Crippen LogP contribution in [-0.2, 0) is 11.2 Å². The van der Waals surface area contributed by atoms with Crippen LogP contribution in [-0.4, -0.2) is 37.8 Å². The van der Waals surface area contributed by atoms with Gasteiger partial charge in [-0.25, -0.2) is 0 Å². The topological polar surface area (TPSA) is 45.7 Å². The zero-order chi connectivity index (χ0) is 16.6. The van der Waals surface area contributed by atoms with Gasteiger partial charge in [0.05, 0.1) is 6.10 Å². The van der Waals surface area contributed by atoms with Gasteiger partial charge in [-0.15, -0.1) is 11.3 Å². The molecule has 2 fully saturated rings. The highest BCUT2D eigenvalue weighted by atomic mass is 32.1. The monoisotopic (exact) mass is 335 g/mol. The summed E-state index contributed by atoms with van der Waals surface area (Å²) in [5.41, 5.74) is 0.174. The van der Waals surface area contributed by atoms with Gasteiger partial charge in [0.15, 0.2) is 5.96 Å². The van der Waals surface area contributed by atoms with Crippen molar-refractivity contribution in [3.63, 3.8) is 0 Å². The molecule has 0 aromatic carbocycles. The van der Waals surface area contributed by atoms with Crippen LogP contribution in [0.25, 0.3) is 0 Å². The summed E-state index contributed by atoms with van der Waals surface area (Å²) in [6.07, 6.45) is 2.60. The van der Waals surface area contributed by atoms with Crippen LogP contribution in [0.1, 0.15) is 36.9 Å². The van der Waals surface area contributed by atoms with E-state index in [0.29, 0.717) is 24.1 Å². The summed E-state index contributed by atoms with van der Waals surface area (Å²) >= 11 is 1.88. The van der Waals surface area contributed by atoms with Crippen LogP contribution in [0.4, 0.5) is 0 Å². The molecule has 3 rings (SSSR count). The van der Waals surface area contributed by atoms with E-state index in [4.69, 9.17) is 4.74 Å². The molecule has 128 valence electrons. The maximum atomic E-state index is 5.88. The van der Waals surface area contributed by atoms with Gasteiger partial charge in [0.1, 0.15) is 0 Å². The van der Waals surface area contributed by atoms with Crippen molar-refractivity contribution >= 4 is 17.3 Å². The molecule has 23 heavy (non-hydrogen) atoms. The Morgan fingerprint density at radius 1 is 1.48 bits per heavy atom. The second kappa shape index (κ2) is 6.44. The van der Waals surface area contributed by atoms with Crippen LogP contribution >= 0.6 is 11.3 Å². The Bertz CT molecular complexity index is 581. The van der Waals surface area contributed by atoms with Crippen LogP contribution in [0.15, 0.2) is 17.1 Å². The summed E-state index contributed by atoms with van der Waals surface area (Å²) in [6.45, 7) is 9.86. The zero-order valence-corrected chi connectivity index (χ0v) is 15.7. The number of hydrogen-bond donors (Lipinski definition) is 2.